The van der Waals surface area contributed by atoms with E-state index in [0.717, 1.165) is 6.42 Å². The normalized spacial score (nSPS) is 18.0. The average molecular weight is 325 g/mol. The third-order valence-corrected chi connectivity index (χ3v) is 2.81. The van der Waals surface area contributed by atoms with Crippen LogP contribution in [0.5, 0.6) is 0 Å². The highest BCUT2D eigenvalue weighted by Crippen LogP contribution is 2.21. The predicted octanol–water partition coefficient (Wildman–Crippen LogP) is 2.64. The summed E-state index contributed by atoms with van der Waals surface area (Å²) in [5, 5.41) is 8.98. The second-order valence-electron chi connectivity index (χ2n) is 1.88. The van der Waals surface area contributed by atoms with Gasteiger partial charge in [-0.1, -0.05) is 47.8 Å². The second-order valence-corrected chi connectivity index (χ2v) is 6.50. The van der Waals surface area contributed by atoms with Crippen molar-refractivity contribution in [2.75, 3.05) is 0 Å². The van der Waals surface area contributed by atoms with Gasteiger partial charge in [0.1, 0.15) is 0 Å². The summed E-state index contributed by atoms with van der Waals surface area (Å²) in [5.74, 6) is 0. The number of halogens is 3. The van der Waals surface area contributed by atoms with Gasteiger partial charge in [0.05, 0.1) is 9.84 Å². The van der Waals surface area contributed by atoms with E-state index in [2.05, 4.69) is 47.8 Å². The monoisotopic (exact) mass is 322 g/mol. The number of aliphatic hydroxyl groups is 1. The minimum absolute atomic E-state index is 0.168. The fourth-order valence-electron chi connectivity index (χ4n) is 0.367. The van der Waals surface area contributed by atoms with Crippen LogP contribution in [-0.4, -0.2) is 19.8 Å². The molecule has 0 aromatic carbocycles. The summed E-state index contributed by atoms with van der Waals surface area (Å²) in [5.41, 5.74) is 0. The minimum Gasteiger partial charge on any atom is -0.392 e. The summed E-state index contributed by atoms with van der Waals surface area (Å²) in [6.07, 6.45) is 0.583. The van der Waals surface area contributed by atoms with E-state index in [1.807, 2.05) is 0 Å². The summed E-state index contributed by atoms with van der Waals surface area (Å²) in [4.78, 5) is 0.168. The molecule has 0 heterocycles. The van der Waals surface area contributed by atoms with Gasteiger partial charge in [-0.05, 0) is 13.3 Å². The molecule has 0 spiro atoms. The molecule has 1 N–H and O–H groups in total. The molecule has 4 heteroatoms. The maximum absolute atomic E-state index is 8.98. The summed E-state index contributed by atoms with van der Waals surface area (Å²) in [6, 6.07) is 0. The number of rotatable bonds is 3. The number of alkyl halides is 3. The molecule has 56 valence electrons. The largest absolute Gasteiger partial charge is 0.392 e. The van der Waals surface area contributed by atoms with E-state index in [0.29, 0.717) is 0 Å². The number of hydrogen-bond donors (Lipinski definition) is 1. The van der Waals surface area contributed by atoms with Gasteiger partial charge in [0.15, 0.2) is 0 Å². The molecule has 9 heavy (non-hydrogen) atoms. The fraction of sp³-hybridized carbons (Fsp3) is 1.00. The van der Waals surface area contributed by atoms with Crippen molar-refractivity contribution < 1.29 is 5.11 Å². The van der Waals surface area contributed by atoms with Gasteiger partial charge in [0, 0.05) is 4.83 Å². The van der Waals surface area contributed by atoms with Crippen molar-refractivity contribution in [3.63, 3.8) is 0 Å². The first kappa shape index (κ1) is 10.4. The lowest BCUT2D eigenvalue weighted by atomic mass is 10.2. The van der Waals surface area contributed by atoms with E-state index in [9.17, 15) is 0 Å². The third kappa shape index (κ3) is 5.83. The highest BCUT2D eigenvalue weighted by molar-refractivity contribution is 9.24. The van der Waals surface area contributed by atoms with Gasteiger partial charge in [-0.25, -0.2) is 0 Å². The average Bonchev–Trinajstić information content (AvgIpc) is 1.63. The lowest BCUT2D eigenvalue weighted by Gasteiger charge is -2.12. The van der Waals surface area contributed by atoms with Gasteiger partial charge in [0.2, 0.25) is 0 Å². The minimum atomic E-state index is -0.289. The maximum atomic E-state index is 8.98. The van der Waals surface area contributed by atoms with E-state index < -0.39 is 0 Å². The van der Waals surface area contributed by atoms with Crippen molar-refractivity contribution in [1.29, 1.82) is 0 Å². The Hall–Kier alpha value is 1.40. The molecule has 2 unspecified atom stereocenters. The Balaban J connectivity index is 3.38. The van der Waals surface area contributed by atoms with Crippen molar-refractivity contribution in [2.45, 2.75) is 28.0 Å². The van der Waals surface area contributed by atoms with Crippen LogP contribution in [0.25, 0.3) is 0 Å². The molecule has 2 atom stereocenters. The Morgan fingerprint density at radius 3 is 1.89 bits per heavy atom. The first-order chi connectivity index (χ1) is 4.04. The molecule has 0 aliphatic heterocycles. The molecule has 1 nitrogen and oxygen atoms in total. The maximum Gasteiger partial charge on any atom is 0.0709 e. The Labute approximate surface area is 80.6 Å². The van der Waals surface area contributed by atoms with Crippen LogP contribution in [0.3, 0.4) is 0 Å². The van der Waals surface area contributed by atoms with Gasteiger partial charge >= 0.3 is 0 Å². The van der Waals surface area contributed by atoms with Crippen LogP contribution >= 0.6 is 47.8 Å². The van der Waals surface area contributed by atoms with Crippen molar-refractivity contribution in [3.8, 4) is 0 Å². The summed E-state index contributed by atoms with van der Waals surface area (Å²) in [7, 11) is 0. The van der Waals surface area contributed by atoms with Gasteiger partial charge in [0.25, 0.3) is 0 Å². The number of hydrogen-bond acceptors (Lipinski definition) is 1. The molecule has 0 aliphatic rings. The zero-order chi connectivity index (χ0) is 7.44. The molecule has 0 rings (SSSR count). The number of aliphatic hydroxyl groups excluding tert-OH is 1. The SMILES string of the molecule is CC(O)C(Br)CC(Br)Br. The van der Waals surface area contributed by atoms with Crippen LogP contribution in [0.15, 0.2) is 0 Å². The zero-order valence-corrected chi connectivity index (χ0v) is 9.78. The van der Waals surface area contributed by atoms with Crippen molar-refractivity contribution in [2.24, 2.45) is 0 Å². The predicted molar refractivity (Wildman–Crippen MR) is 50.7 cm³/mol. The summed E-state index contributed by atoms with van der Waals surface area (Å²) < 4.78 is 0.281. The van der Waals surface area contributed by atoms with Crippen LogP contribution in [0.1, 0.15) is 13.3 Å². The van der Waals surface area contributed by atoms with Crippen LogP contribution in [0.4, 0.5) is 0 Å². The highest BCUT2D eigenvalue weighted by atomic mass is 79.9. The Morgan fingerprint density at radius 1 is 1.33 bits per heavy atom. The second kappa shape index (κ2) is 5.10. The van der Waals surface area contributed by atoms with Crippen LogP contribution in [0.2, 0.25) is 0 Å². The molecule has 0 bridgehead atoms. The fourth-order valence-corrected chi connectivity index (χ4v) is 2.55. The Morgan fingerprint density at radius 2 is 1.78 bits per heavy atom. The quantitative estimate of drug-likeness (QED) is 0.791. The van der Waals surface area contributed by atoms with Crippen LogP contribution in [0, 0.1) is 0 Å². The molecular weight excluding hydrogens is 316 g/mol. The molecule has 0 fully saturated rings. The lowest BCUT2D eigenvalue weighted by molar-refractivity contribution is 0.192. The van der Waals surface area contributed by atoms with E-state index >= 15 is 0 Å². The molecular formula is C5H9Br3O. The van der Waals surface area contributed by atoms with Crippen molar-refractivity contribution >= 4 is 47.8 Å². The van der Waals surface area contributed by atoms with E-state index in [4.69, 9.17) is 5.11 Å². The third-order valence-electron chi connectivity index (χ3n) is 0.927. The topological polar surface area (TPSA) is 20.2 Å². The molecule has 0 amide bonds. The molecule has 0 saturated carbocycles. The van der Waals surface area contributed by atoms with E-state index in [1.165, 1.54) is 0 Å². The molecule has 0 aliphatic carbocycles. The van der Waals surface area contributed by atoms with Gasteiger partial charge in [-0.15, -0.1) is 0 Å². The smallest absolute Gasteiger partial charge is 0.0709 e. The Bertz CT molecular complexity index is 74.6. The van der Waals surface area contributed by atoms with Crippen molar-refractivity contribution in [3.05, 3.63) is 0 Å². The summed E-state index contributed by atoms with van der Waals surface area (Å²) in [6.45, 7) is 1.77. The Kier molecular flexibility index (Phi) is 5.90. The standard InChI is InChI=1S/C5H9Br3O/c1-3(9)4(6)2-5(7)8/h3-5,9H,2H2,1H3. The molecule has 0 aromatic rings. The van der Waals surface area contributed by atoms with E-state index in [-0.39, 0.29) is 14.7 Å². The molecule has 0 radical (unpaired) electrons. The summed E-state index contributed by atoms with van der Waals surface area (Å²) >= 11 is 9.97. The highest BCUT2D eigenvalue weighted by Gasteiger charge is 2.13. The van der Waals surface area contributed by atoms with Crippen molar-refractivity contribution in [1.82, 2.24) is 0 Å². The van der Waals surface area contributed by atoms with Gasteiger partial charge in [-0.3, -0.25) is 0 Å². The first-order valence-electron chi connectivity index (χ1n) is 2.64. The molecule has 0 aromatic heterocycles. The van der Waals surface area contributed by atoms with Crippen LogP contribution < -0.4 is 0 Å². The van der Waals surface area contributed by atoms with Crippen LogP contribution in [-0.2, 0) is 0 Å². The molecule has 0 saturated heterocycles. The van der Waals surface area contributed by atoms with E-state index in [1.54, 1.807) is 6.92 Å². The van der Waals surface area contributed by atoms with Gasteiger partial charge in [-0.2, -0.15) is 0 Å². The first-order valence-corrected chi connectivity index (χ1v) is 5.39. The lowest BCUT2D eigenvalue weighted by Crippen LogP contribution is -2.17. The zero-order valence-electron chi connectivity index (χ0n) is 5.02. The van der Waals surface area contributed by atoms with Gasteiger partial charge < -0.3 is 5.11 Å².